The average molecular weight is 195 g/mol. The highest BCUT2D eigenvalue weighted by atomic mass is 16.6. The Morgan fingerprint density at radius 2 is 2.00 bits per heavy atom. The summed E-state index contributed by atoms with van der Waals surface area (Å²) in [5, 5.41) is 9.96. The maximum absolute atomic E-state index is 10.8. The average Bonchev–Trinajstić information content (AvgIpc) is 2.07. The number of nitro groups is 1. The molecule has 0 bridgehead atoms. The number of carbonyl (C=O) groups excluding carboxylic acids is 1. The largest absolute Gasteiger partial charge is 0.422 e. The van der Waals surface area contributed by atoms with E-state index in [2.05, 4.69) is 0 Å². The van der Waals surface area contributed by atoms with Gasteiger partial charge in [0, 0.05) is 4.92 Å². The molecule has 0 atom stereocenters. The van der Waals surface area contributed by atoms with Gasteiger partial charge in [0.25, 0.3) is 6.54 Å². The summed E-state index contributed by atoms with van der Waals surface area (Å²) < 4.78 is 4.70. The van der Waals surface area contributed by atoms with Crippen molar-refractivity contribution < 1.29 is 14.5 Å². The van der Waals surface area contributed by atoms with Gasteiger partial charge in [0.1, 0.15) is 5.75 Å². The van der Waals surface area contributed by atoms with Crippen molar-refractivity contribution in [2.75, 3.05) is 6.54 Å². The molecule has 1 rings (SSSR count). The van der Waals surface area contributed by atoms with E-state index in [4.69, 9.17) is 4.74 Å². The lowest BCUT2D eigenvalue weighted by Gasteiger charge is -2.00. The van der Waals surface area contributed by atoms with Gasteiger partial charge in [-0.1, -0.05) is 17.7 Å². The van der Waals surface area contributed by atoms with E-state index in [-0.39, 0.29) is 0 Å². The van der Waals surface area contributed by atoms with Crippen molar-refractivity contribution in [2.24, 2.45) is 0 Å². The molecular weight excluding hydrogens is 186 g/mol. The first-order valence-electron chi connectivity index (χ1n) is 3.97. The smallest absolute Gasteiger partial charge is 0.383 e. The molecule has 0 unspecified atom stereocenters. The third-order valence-corrected chi connectivity index (χ3v) is 1.51. The zero-order valence-electron chi connectivity index (χ0n) is 7.60. The molecule has 1 aromatic rings. The summed E-state index contributed by atoms with van der Waals surface area (Å²) in [5.74, 6) is -0.540. The molecule has 5 nitrogen and oxygen atoms in total. The maximum Gasteiger partial charge on any atom is 0.383 e. The molecule has 0 radical (unpaired) electrons. The Morgan fingerprint density at radius 1 is 1.43 bits per heavy atom. The van der Waals surface area contributed by atoms with Gasteiger partial charge in [-0.3, -0.25) is 10.1 Å². The summed E-state index contributed by atoms with van der Waals surface area (Å²) in [6, 6.07) is 6.70. The lowest BCUT2D eigenvalue weighted by atomic mass is 10.2. The fourth-order valence-corrected chi connectivity index (χ4v) is 0.875. The quantitative estimate of drug-likeness (QED) is 0.314. The molecule has 0 aromatic heterocycles. The maximum atomic E-state index is 10.8. The molecule has 1 aromatic carbocycles. The van der Waals surface area contributed by atoms with Crippen molar-refractivity contribution >= 4 is 5.97 Å². The molecule has 0 aliphatic rings. The molecule has 74 valence electrons. The van der Waals surface area contributed by atoms with Gasteiger partial charge in [-0.2, -0.15) is 0 Å². The van der Waals surface area contributed by atoms with Crippen LogP contribution in [0.25, 0.3) is 0 Å². The highest BCUT2D eigenvalue weighted by Crippen LogP contribution is 2.11. The number of hydrogen-bond donors (Lipinski definition) is 0. The van der Waals surface area contributed by atoms with E-state index in [9.17, 15) is 14.9 Å². The Labute approximate surface area is 80.5 Å². The minimum atomic E-state index is -0.862. The van der Waals surface area contributed by atoms with Crippen LogP contribution in [0.3, 0.4) is 0 Å². The molecule has 0 N–H and O–H groups in total. The second-order valence-electron chi connectivity index (χ2n) is 2.78. The number of carbonyl (C=O) groups is 1. The van der Waals surface area contributed by atoms with Gasteiger partial charge in [-0.25, -0.2) is 4.79 Å². The van der Waals surface area contributed by atoms with Crippen LogP contribution in [-0.2, 0) is 4.79 Å². The van der Waals surface area contributed by atoms with Crippen LogP contribution in [0.4, 0.5) is 0 Å². The van der Waals surface area contributed by atoms with Gasteiger partial charge in [-0.15, -0.1) is 0 Å². The van der Waals surface area contributed by atoms with Crippen LogP contribution >= 0.6 is 0 Å². The highest BCUT2D eigenvalue weighted by molar-refractivity contribution is 5.73. The highest BCUT2D eigenvalue weighted by Gasteiger charge is 2.11. The van der Waals surface area contributed by atoms with E-state index in [0.29, 0.717) is 5.75 Å². The van der Waals surface area contributed by atoms with E-state index >= 15 is 0 Å². The van der Waals surface area contributed by atoms with Crippen LogP contribution in [0.2, 0.25) is 0 Å². The minimum Gasteiger partial charge on any atom is -0.422 e. The van der Waals surface area contributed by atoms with Crippen LogP contribution in [0.1, 0.15) is 5.56 Å². The minimum absolute atomic E-state index is 0.322. The monoisotopic (exact) mass is 195 g/mol. The molecule has 0 heterocycles. The second-order valence-corrected chi connectivity index (χ2v) is 2.78. The fourth-order valence-electron chi connectivity index (χ4n) is 0.875. The SMILES string of the molecule is Cc1ccc(OC(=O)C[N+](=O)[O-])cc1. The van der Waals surface area contributed by atoms with Crippen molar-refractivity contribution in [2.45, 2.75) is 6.92 Å². The summed E-state index contributed by atoms with van der Waals surface area (Å²) in [5.41, 5.74) is 1.03. The van der Waals surface area contributed by atoms with Crippen molar-refractivity contribution in [1.82, 2.24) is 0 Å². The molecule has 0 aliphatic heterocycles. The molecular formula is C9H9NO4. The molecule has 0 aliphatic carbocycles. The normalized spacial score (nSPS) is 9.50. The van der Waals surface area contributed by atoms with Crippen molar-refractivity contribution in [3.63, 3.8) is 0 Å². The van der Waals surface area contributed by atoms with E-state index in [1.165, 1.54) is 0 Å². The number of nitrogens with zero attached hydrogens (tertiary/aromatic N) is 1. The van der Waals surface area contributed by atoms with Crippen molar-refractivity contribution in [1.29, 1.82) is 0 Å². The van der Waals surface area contributed by atoms with Gasteiger partial charge >= 0.3 is 5.97 Å². The van der Waals surface area contributed by atoms with Gasteiger partial charge in [0.15, 0.2) is 0 Å². The predicted molar refractivity (Wildman–Crippen MR) is 48.7 cm³/mol. The lowest BCUT2D eigenvalue weighted by molar-refractivity contribution is -0.469. The number of esters is 1. The van der Waals surface area contributed by atoms with Crippen molar-refractivity contribution in [3.8, 4) is 5.75 Å². The predicted octanol–water partition coefficient (Wildman–Crippen LogP) is 1.18. The van der Waals surface area contributed by atoms with E-state index in [1.807, 2.05) is 6.92 Å². The van der Waals surface area contributed by atoms with Crippen molar-refractivity contribution in [3.05, 3.63) is 39.9 Å². The number of rotatable bonds is 3. The van der Waals surface area contributed by atoms with Gasteiger partial charge in [0.2, 0.25) is 0 Å². The van der Waals surface area contributed by atoms with Crippen LogP contribution in [0.5, 0.6) is 5.75 Å². The number of ether oxygens (including phenoxy) is 1. The Bertz CT molecular complexity index is 344. The third-order valence-electron chi connectivity index (χ3n) is 1.51. The summed E-state index contributed by atoms with van der Waals surface area (Å²) in [6.07, 6.45) is 0. The summed E-state index contributed by atoms with van der Waals surface area (Å²) in [4.78, 5) is 20.1. The first kappa shape index (κ1) is 10.2. The van der Waals surface area contributed by atoms with Crippen LogP contribution in [-0.4, -0.2) is 17.4 Å². The fraction of sp³-hybridized carbons (Fsp3) is 0.222. The summed E-state index contributed by atoms with van der Waals surface area (Å²) >= 11 is 0. The zero-order valence-corrected chi connectivity index (χ0v) is 7.60. The molecule has 0 saturated heterocycles. The van der Waals surface area contributed by atoms with E-state index < -0.39 is 17.4 Å². The standard InChI is InChI=1S/C9H9NO4/c1-7-2-4-8(5-3-7)14-9(11)6-10(12)13/h2-5H,6H2,1H3. The van der Waals surface area contributed by atoms with E-state index in [1.54, 1.807) is 24.3 Å². The Balaban J connectivity index is 2.56. The van der Waals surface area contributed by atoms with Crippen LogP contribution < -0.4 is 4.74 Å². The first-order valence-corrected chi connectivity index (χ1v) is 3.97. The van der Waals surface area contributed by atoms with Gasteiger partial charge < -0.3 is 4.74 Å². The van der Waals surface area contributed by atoms with Gasteiger partial charge in [-0.05, 0) is 19.1 Å². The summed E-state index contributed by atoms with van der Waals surface area (Å²) in [6.45, 7) is 1.08. The Kier molecular flexibility index (Phi) is 3.17. The Morgan fingerprint density at radius 3 is 2.50 bits per heavy atom. The molecule has 0 fully saturated rings. The third kappa shape index (κ3) is 3.22. The number of hydrogen-bond acceptors (Lipinski definition) is 4. The number of benzene rings is 1. The number of aryl methyl sites for hydroxylation is 1. The molecule has 0 saturated carbocycles. The molecule has 0 amide bonds. The second kappa shape index (κ2) is 4.36. The molecule has 5 heteroatoms. The Hall–Kier alpha value is -1.91. The molecule has 0 spiro atoms. The zero-order chi connectivity index (χ0) is 10.6. The lowest BCUT2D eigenvalue weighted by Crippen LogP contribution is -2.19. The van der Waals surface area contributed by atoms with Crippen LogP contribution in [0, 0.1) is 17.0 Å². The topological polar surface area (TPSA) is 69.4 Å². The summed E-state index contributed by atoms with van der Waals surface area (Å²) in [7, 11) is 0. The molecule has 14 heavy (non-hydrogen) atoms. The first-order chi connectivity index (χ1) is 6.58. The van der Waals surface area contributed by atoms with Gasteiger partial charge in [0.05, 0.1) is 0 Å². The van der Waals surface area contributed by atoms with E-state index in [0.717, 1.165) is 5.56 Å². The van der Waals surface area contributed by atoms with Crippen LogP contribution in [0.15, 0.2) is 24.3 Å².